The fourth-order valence-electron chi connectivity index (χ4n) is 3.94. The first-order chi connectivity index (χ1) is 17.5. The van der Waals surface area contributed by atoms with E-state index in [0.717, 1.165) is 30.7 Å². The lowest BCUT2D eigenvalue weighted by molar-refractivity contribution is 0.447. The molecule has 0 atom stereocenters. The largest absolute Gasteiger partial charge is 0.209 e. The molecule has 37 heavy (non-hydrogen) atoms. The van der Waals surface area contributed by atoms with Crippen LogP contribution >= 0.6 is 0 Å². The topological polar surface area (TPSA) is 0 Å². The zero-order valence-electron chi connectivity index (χ0n) is 19.3. The fourth-order valence-corrected chi connectivity index (χ4v) is 3.94. The molecule has 0 saturated carbocycles. The summed E-state index contributed by atoms with van der Waals surface area (Å²) in [6.07, 6.45) is 0.675. The maximum Gasteiger partial charge on any atom is 0.194 e. The average Bonchev–Trinajstić information content (AvgIpc) is 2.85. The Kier molecular flexibility index (Phi) is 7.47. The van der Waals surface area contributed by atoms with Crippen LogP contribution in [0.4, 0.5) is 35.1 Å². The summed E-state index contributed by atoms with van der Waals surface area (Å²) in [6, 6.07) is 13.2. The minimum Gasteiger partial charge on any atom is -0.209 e. The van der Waals surface area contributed by atoms with Crippen molar-refractivity contribution in [3.8, 4) is 22.3 Å². The molecule has 8 heteroatoms. The van der Waals surface area contributed by atoms with Crippen LogP contribution in [0.25, 0.3) is 28.1 Å². The molecular weight excluding hydrogens is 500 g/mol. The molecule has 0 fully saturated rings. The van der Waals surface area contributed by atoms with Crippen LogP contribution in [0.3, 0.4) is 0 Å². The highest BCUT2D eigenvalue weighted by atomic mass is 19.2. The summed E-state index contributed by atoms with van der Waals surface area (Å²) in [4.78, 5) is 0. The Labute approximate surface area is 207 Å². The highest BCUT2D eigenvalue weighted by Gasteiger charge is 2.19. The molecule has 0 saturated heterocycles. The van der Waals surface area contributed by atoms with Crippen LogP contribution in [0.2, 0.25) is 0 Å². The Hall–Kier alpha value is -3.94. The van der Waals surface area contributed by atoms with E-state index in [2.05, 4.69) is 0 Å². The van der Waals surface area contributed by atoms with Gasteiger partial charge >= 0.3 is 0 Å². The van der Waals surface area contributed by atoms with Gasteiger partial charge in [0.05, 0.1) is 5.56 Å². The lowest BCUT2D eigenvalue weighted by Gasteiger charge is -2.11. The van der Waals surface area contributed by atoms with Gasteiger partial charge in [-0.3, -0.25) is 0 Å². The molecule has 4 aromatic carbocycles. The van der Waals surface area contributed by atoms with Gasteiger partial charge in [-0.1, -0.05) is 36.4 Å². The zero-order valence-corrected chi connectivity index (χ0v) is 19.3. The third-order valence-electron chi connectivity index (χ3n) is 5.89. The highest BCUT2D eigenvalue weighted by Crippen LogP contribution is 2.33. The van der Waals surface area contributed by atoms with Crippen molar-refractivity contribution in [1.29, 1.82) is 0 Å². The van der Waals surface area contributed by atoms with Crippen molar-refractivity contribution in [2.75, 3.05) is 0 Å². The van der Waals surface area contributed by atoms with Gasteiger partial charge in [-0.05, 0) is 77.9 Å². The van der Waals surface area contributed by atoms with Gasteiger partial charge in [0.2, 0.25) is 0 Å². The van der Waals surface area contributed by atoms with Gasteiger partial charge in [-0.15, -0.1) is 0 Å². The molecule has 0 radical (unpaired) electrons. The number of benzene rings is 4. The summed E-state index contributed by atoms with van der Waals surface area (Å²) in [5.74, 6) is -9.88. The molecule has 0 aliphatic carbocycles. The average molecular weight is 518 g/mol. The number of hydrogen-bond donors (Lipinski definition) is 0. The summed E-state index contributed by atoms with van der Waals surface area (Å²) in [5.41, 5.74) is 0.344. The van der Waals surface area contributed by atoms with Crippen LogP contribution in [-0.2, 0) is 12.8 Å². The van der Waals surface area contributed by atoms with Crippen LogP contribution in [0, 0.1) is 34.9 Å². The van der Waals surface area contributed by atoms with Gasteiger partial charge < -0.3 is 0 Å². The van der Waals surface area contributed by atoms with E-state index in [1.165, 1.54) is 12.1 Å². The number of allylic oxidation sites excluding steroid dienone is 1. The van der Waals surface area contributed by atoms with Gasteiger partial charge in [-0.25, -0.2) is 35.1 Å². The zero-order chi connectivity index (χ0) is 26.9. The van der Waals surface area contributed by atoms with E-state index in [1.54, 1.807) is 24.3 Å². The van der Waals surface area contributed by atoms with Crippen molar-refractivity contribution in [3.05, 3.63) is 124 Å². The molecule has 0 aliphatic heterocycles. The van der Waals surface area contributed by atoms with Gasteiger partial charge in [0, 0.05) is 5.56 Å². The molecule has 0 aliphatic rings. The van der Waals surface area contributed by atoms with E-state index in [-0.39, 0.29) is 17.5 Å². The van der Waals surface area contributed by atoms with Gasteiger partial charge in [0.1, 0.15) is 23.3 Å². The van der Waals surface area contributed by atoms with Gasteiger partial charge in [0.25, 0.3) is 0 Å². The summed E-state index contributed by atoms with van der Waals surface area (Å²) >= 11 is 0. The summed E-state index contributed by atoms with van der Waals surface area (Å²) < 4.78 is 111. The van der Waals surface area contributed by atoms with Gasteiger partial charge in [0.15, 0.2) is 23.3 Å². The standard InChI is InChI=1S/C29H18F8/c1-15(30)28(36)19-9-8-18(22(31)10-19)7-4-16-2-5-17(6-3-16)20-11-23(32)27(24(33)12-20)21-13-25(34)29(37)26(35)14-21/h2-3,5-6,8-14H,4,7H2,1H3/b28-15+. The quantitative estimate of drug-likeness (QED) is 0.176. The Balaban J connectivity index is 1.51. The summed E-state index contributed by atoms with van der Waals surface area (Å²) in [7, 11) is 0. The van der Waals surface area contributed by atoms with Crippen LogP contribution in [0.15, 0.2) is 72.6 Å². The lowest BCUT2D eigenvalue weighted by atomic mass is 9.97. The van der Waals surface area contributed by atoms with Crippen LogP contribution in [0.1, 0.15) is 23.6 Å². The Morgan fingerprint density at radius 2 is 1.14 bits per heavy atom. The monoisotopic (exact) mass is 518 g/mol. The maximum absolute atomic E-state index is 14.7. The molecule has 190 valence electrons. The van der Waals surface area contributed by atoms with E-state index < -0.39 is 57.7 Å². The van der Waals surface area contributed by atoms with E-state index >= 15 is 0 Å². The first-order valence-electron chi connectivity index (χ1n) is 11.1. The van der Waals surface area contributed by atoms with E-state index in [9.17, 15) is 35.1 Å². The molecule has 0 nitrogen and oxygen atoms in total. The summed E-state index contributed by atoms with van der Waals surface area (Å²) in [6.45, 7) is 0.940. The predicted molar refractivity (Wildman–Crippen MR) is 126 cm³/mol. The van der Waals surface area contributed by atoms with Crippen molar-refractivity contribution >= 4 is 5.83 Å². The Morgan fingerprint density at radius 1 is 0.568 bits per heavy atom. The minimum atomic E-state index is -1.74. The Morgan fingerprint density at radius 3 is 1.68 bits per heavy atom. The van der Waals surface area contributed by atoms with Crippen LogP contribution < -0.4 is 0 Å². The molecule has 0 spiro atoms. The van der Waals surface area contributed by atoms with Crippen molar-refractivity contribution in [3.63, 3.8) is 0 Å². The molecule has 4 aromatic rings. The van der Waals surface area contributed by atoms with Gasteiger partial charge in [-0.2, -0.15) is 0 Å². The molecule has 0 amide bonds. The van der Waals surface area contributed by atoms with E-state index in [4.69, 9.17) is 0 Å². The second-order valence-corrected chi connectivity index (χ2v) is 8.42. The fraction of sp³-hybridized carbons (Fsp3) is 0.103. The molecular formula is C29H18F8. The van der Waals surface area contributed by atoms with Crippen molar-refractivity contribution in [2.45, 2.75) is 19.8 Å². The van der Waals surface area contributed by atoms with Crippen molar-refractivity contribution in [1.82, 2.24) is 0 Å². The van der Waals surface area contributed by atoms with Crippen molar-refractivity contribution in [2.24, 2.45) is 0 Å². The summed E-state index contributed by atoms with van der Waals surface area (Å²) in [5, 5.41) is 0. The second-order valence-electron chi connectivity index (χ2n) is 8.42. The normalized spacial score (nSPS) is 12.0. The smallest absolute Gasteiger partial charge is 0.194 e. The number of rotatable bonds is 6. The lowest BCUT2D eigenvalue weighted by Crippen LogP contribution is -1.97. The third-order valence-corrected chi connectivity index (χ3v) is 5.89. The molecule has 0 N–H and O–H groups in total. The molecule has 0 bridgehead atoms. The first-order valence-corrected chi connectivity index (χ1v) is 11.1. The predicted octanol–water partition coefficient (Wildman–Crippen LogP) is 9.27. The minimum absolute atomic E-state index is 0.160. The SMILES string of the molecule is C/C(F)=C(\F)c1ccc(CCc2ccc(-c3cc(F)c(-c4cc(F)c(F)c(F)c4)c(F)c3)cc2)c(F)c1. The van der Waals surface area contributed by atoms with Crippen LogP contribution in [0.5, 0.6) is 0 Å². The molecule has 0 unspecified atom stereocenters. The highest BCUT2D eigenvalue weighted by molar-refractivity contribution is 5.72. The third kappa shape index (κ3) is 5.58. The van der Waals surface area contributed by atoms with E-state index in [1.807, 2.05) is 0 Å². The Bertz CT molecular complexity index is 1450. The van der Waals surface area contributed by atoms with Crippen molar-refractivity contribution < 1.29 is 35.1 Å². The number of aryl methyl sites for hydroxylation is 2. The second kappa shape index (κ2) is 10.6. The maximum atomic E-state index is 14.7. The van der Waals surface area contributed by atoms with Crippen LogP contribution in [-0.4, -0.2) is 0 Å². The molecule has 4 rings (SSSR count). The number of hydrogen-bond acceptors (Lipinski definition) is 0. The van der Waals surface area contributed by atoms with E-state index in [0.29, 0.717) is 29.7 Å². The first kappa shape index (κ1) is 26.1. The number of halogens is 8. The molecule has 0 aromatic heterocycles. The molecule has 0 heterocycles.